The lowest BCUT2D eigenvalue weighted by molar-refractivity contribution is -0.159. The number of benzene rings is 1. The number of imide groups is 1. The Kier molecular flexibility index (Phi) is 4.83. The van der Waals surface area contributed by atoms with Gasteiger partial charge in [-0.3, -0.25) is 24.1 Å². The summed E-state index contributed by atoms with van der Waals surface area (Å²) in [6, 6.07) is 6.41. The number of rotatable bonds is 4. The quantitative estimate of drug-likeness (QED) is 0.606. The molecule has 0 spiro atoms. The number of fused-ring (bicyclic) bond motifs is 1. The van der Waals surface area contributed by atoms with Crippen LogP contribution in [0.2, 0.25) is 0 Å². The van der Waals surface area contributed by atoms with E-state index in [1.54, 1.807) is 29.2 Å². The largest absolute Gasteiger partial charge is 0.451 e. The van der Waals surface area contributed by atoms with E-state index in [1.807, 2.05) is 0 Å². The molecule has 2 heterocycles. The Labute approximate surface area is 145 Å². The highest BCUT2D eigenvalue weighted by atomic mass is 16.5. The third kappa shape index (κ3) is 3.40. The number of piperidine rings is 1. The zero-order valence-corrected chi connectivity index (χ0v) is 14.1. The maximum Gasteiger partial charge on any atom is 0.326 e. The fraction of sp³-hybridized carbons (Fsp3) is 0.444. The molecule has 0 bridgehead atoms. The highest BCUT2D eigenvalue weighted by Crippen LogP contribution is 2.22. The number of likely N-dealkylation sites (tertiary alicyclic amines) is 1. The molecule has 0 aromatic heterocycles. The molecule has 2 aliphatic rings. The van der Waals surface area contributed by atoms with E-state index in [9.17, 15) is 19.2 Å². The summed E-state index contributed by atoms with van der Waals surface area (Å²) in [4.78, 5) is 51.4. The van der Waals surface area contributed by atoms with Gasteiger partial charge in [0.15, 0.2) is 6.10 Å². The molecule has 0 radical (unpaired) electrons. The monoisotopic (exact) mass is 344 g/mol. The molecule has 1 aromatic rings. The maximum atomic E-state index is 12.3. The van der Waals surface area contributed by atoms with Crippen LogP contribution in [0.4, 0.5) is 0 Å². The van der Waals surface area contributed by atoms with Gasteiger partial charge >= 0.3 is 5.97 Å². The summed E-state index contributed by atoms with van der Waals surface area (Å²) >= 11 is 0. The maximum absolute atomic E-state index is 12.3. The molecular formula is C18H20N2O5. The molecule has 1 saturated heterocycles. The molecular weight excluding hydrogens is 324 g/mol. The molecule has 1 aromatic carbocycles. The number of hydrogen-bond acceptors (Lipinski definition) is 5. The Hall–Kier alpha value is -2.70. The van der Waals surface area contributed by atoms with Gasteiger partial charge in [-0.25, -0.2) is 0 Å². The van der Waals surface area contributed by atoms with E-state index in [0.717, 1.165) is 24.2 Å². The molecule has 7 nitrogen and oxygen atoms in total. The minimum atomic E-state index is -0.930. The fourth-order valence-corrected chi connectivity index (χ4v) is 3.17. The van der Waals surface area contributed by atoms with Crippen LogP contribution in [0.1, 0.15) is 46.9 Å². The molecule has 0 saturated carbocycles. The third-order valence-electron chi connectivity index (χ3n) is 4.49. The number of ether oxygens (including phenoxy) is 1. The van der Waals surface area contributed by atoms with Crippen molar-refractivity contribution in [2.45, 2.75) is 32.3 Å². The van der Waals surface area contributed by atoms with Gasteiger partial charge in [0.05, 0.1) is 11.1 Å². The van der Waals surface area contributed by atoms with Crippen LogP contribution in [0.15, 0.2) is 24.3 Å². The van der Waals surface area contributed by atoms with Gasteiger partial charge in [-0.2, -0.15) is 0 Å². The van der Waals surface area contributed by atoms with Crippen LogP contribution in [0.25, 0.3) is 0 Å². The third-order valence-corrected chi connectivity index (χ3v) is 4.49. The summed E-state index contributed by atoms with van der Waals surface area (Å²) in [6.07, 6.45) is 2.06. The first-order valence-corrected chi connectivity index (χ1v) is 8.42. The van der Waals surface area contributed by atoms with Gasteiger partial charge in [0.25, 0.3) is 17.7 Å². The highest BCUT2D eigenvalue weighted by Gasteiger charge is 2.37. The summed E-state index contributed by atoms with van der Waals surface area (Å²) in [5.74, 6) is -2.05. The summed E-state index contributed by atoms with van der Waals surface area (Å²) in [5.41, 5.74) is 0.551. The van der Waals surface area contributed by atoms with Crippen molar-refractivity contribution in [3.05, 3.63) is 35.4 Å². The summed E-state index contributed by atoms with van der Waals surface area (Å²) in [5, 5.41) is 0. The van der Waals surface area contributed by atoms with Crippen LogP contribution in [0.5, 0.6) is 0 Å². The predicted octanol–water partition coefficient (Wildman–Crippen LogP) is 1.23. The smallest absolute Gasteiger partial charge is 0.326 e. The van der Waals surface area contributed by atoms with Crippen LogP contribution in [0, 0.1) is 0 Å². The van der Waals surface area contributed by atoms with Crippen LogP contribution in [-0.2, 0) is 14.3 Å². The molecule has 132 valence electrons. The first kappa shape index (κ1) is 17.1. The van der Waals surface area contributed by atoms with Crippen LogP contribution < -0.4 is 0 Å². The van der Waals surface area contributed by atoms with E-state index in [1.165, 1.54) is 6.92 Å². The topological polar surface area (TPSA) is 84.0 Å². The predicted molar refractivity (Wildman–Crippen MR) is 87.8 cm³/mol. The molecule has 7 heteroatoms. The van der Waals surface area contributed by atoms with Gasteiger partial charge in [-0.15, -0.1) is 0 Å². The van der Waals surface area contributed by atoms with Gasteiger partial charge in [0.2, 0.25) is 0 Å². The Morgan fingerprint density at radius 3 is 2.16 bits per heavy atom. The van der Waals surface area contributed by atoms with E-state index in [4.69, 9.17) is 4.74 Å². The van der Waals surface area contributed by atoms with Crippen molar-refractivity contribution in [1.82, 2.24) is 9.80 Å². The van der Waals surface area contributed by atoms with Gasteiger partial charge < -0.3 is 9.64 Å². The summed E-state index contributed by atoms with van der Waals surface area (Å²) in [7, 11) is 0. The molecule has 3 amide bonds. The van der Waals surface area contributed by atoms with E-state index in [-0.39, 0.29) is 17.0 Å². The van der Waals surface area contributed by atoms with Gasteiger partial charge in [0, 0.05) is 13.1 Å². The first-order valence-electron chi connectivity index (χ1n) is 8.42. The molecule has 25 heavy (non-hydrogen) atoms. The lowest BCUT2D eigenvalue weighted by atomic mass is 10.1. The number of hydrogen-bond donors (Lipinski definition) is 0. The van der Waals surface area contributed by atoms with Gasteiger partial charge in [-0.1, -0.05) is 12.1 Å². The first-order chi connectivity index (χ1) is 12.0. The molecule has 1 fully saturated rings. The van der Waals surface area contributed by atoms with Crippen molar-refractivity contribution in [2.75, 3.05) is 19.6 Å². The lowest BCUT2D eigenvalue weighted by Gasteiger charge is -2.29. The summed E-state index contributed by atoms with van der Waals surface area (Å²) in [6.45, 7) is 2.35. The van der Waals surface area contributed by atoms with Crippen molar-refractivity contribution >= 4 is 23.7 Å². The standard InChI is InChI=1S/C18H20N2O5/c1-12(16(22)19-9-5-2-6-10-19)25-15(21)11-20-17(23)13-7-3-4-8-14(13)18(20)24/h3-4,7-8,12H,2,5-6,9-11H2,1H3/t12-/m0/s1. The zero-order valence-electron chi connectivity index (χ0n) is 14.1. The van der Waals surface area contributed by atoms with Gasteiger partial charge in [-0.05, 0) is 38.3 Å². The van der Waals surface area contributed by atoms with Gasteiger partial charge in [0.1, 0.15) is 6.54 Å². The molecule has 0 aliphatic carbocycles. The fourth-order valence-electron chi connectivity index (χ4n) is 3.17. The van der Waals surface area contributed by atoms with E-state index >= 15 is 0 Å². The lowest BCUT2D eigenvalue weighted by Crippen LogP contribution is -2.44. The zero-order chi connectivity index (χ0) is 18.0. The van der Waals surface area contributed by atoms with Crippen molar-refractivity contribution in [3.63, 3.8) is 0 Å². The van der Waals surface area contributed by atoms with E-state index < -0.39 is 30.4 Å². The number of carbonyl (C=O) groups is 4. The Morgan fingerprint density at radius 1 is 1.04 bits per heavy atom. The normalized spacial score (nSPS) is 18.1. The minimum absolute atomic E-state index is 0.240. The van der Waals surface area contributed by atoms with Crippen LogP contribution in [0.3, 0.4) is 0 Å². The second-order valence-electron chi connectivity index (χ2n) is 6.26. The Balaban J connectivity index is 1.59. The van der Waals surface area contributed by atoms with Crippen LogP contribution in [-0.4, -0.2) is 59.2 Å². The second-order valence-corrected chi connectivity index (χ2v) is 6.26. The summed E-state index contributed by atoms with van der Waals surface area (Å²) < 4.78 is 5.15. The van der Waals surface area contributed by atoms with Crippen molar-refractivity contribution in [1.29, 1.82) is 0 Å². The van der Waals surface area contributed by atoms with Crippen molar-refractivity contribution in [3.8, 4) is 0 Å². The molecule has 2 aliphatic heterocycles. The van der Waals surface area contributed by atoms with E-state index in [0.29, 0.717) is 13.1 Å². The Bertz CT molecular complexity index is 689. The highest BCUT2D eigenvalue weighted by molar-refractivity contribution is 6.22. The second kappa shape index (κ2) is 7.04. The average Bonchev–Trinajstić information content (AvgIpc) is 2.87. The van der Waals surface area contributed by atoms with Crippen molar-refractivity contribution in [2.24, 2.45) is 0 Å². The minimum Gasteiger partial charge on any atom is -0.451 e. The number of nitrogens with zero attached hydrogens (tertiary/aromatic N) is 2. The SMILES string of the molecule is C[C@H](OC(=O)CN1C(=O)c2ccccc2C1=O)C(=O)N1CCCCC1. The molecule has 3 rings (SSSR count). The van der Waals surface area contributed by atoms with E-state index in [2.05, 4.69) is 0 Å². The van der Waals surface area contributed by atoms with Crippen LogP contribution >= 0.6 is 0 Å². The molecule has 1 atom stereocenters. The number of esters is 1. The Morgan fingerprint density at radius 2 is 1.60 bits per heavy atom. The van der Waals surface area contributed by atoms with Crippen molar-refractivity contribution < 1.29 is 23.9 Å². The number of amides is 3. The number of carbonyl (C=O) groups excluding carboxylic acids is 4. The molecule has 0 N–H and O–H groups in total. The average molecular weight is 344 g/mol. The molecule has 0 unspecified atom stereocenters.